The fourth-order valence-electron chi connectivity index (χ4n) is 2.16. The number of aryl methyl sites for hydroxylation is 2. The smallest absolute Gasteiger partial charge is 0.166 e. The van der Waals surface area contributed by atoms with Crippen molar-refractivity contribution >= 4 is 22.8 Å². The number of aromatic nitrogens is 3. The van der Waals surface area contributed by atoms with Crippen LogP contribution in [0.15, 0.2) is 30.3 Å². The van der Waals surface area contributed by atoms with Crippen LogP contribution in [0.25, 0.3) is 16.9 Å². The number of nitrogens with zero attached hydrogens (tertiary/aromatic N) is 3. The quantitative estimate of drug-likeness (QED) is 0.664. The van der Waals surface area contributed by atoms with Crippen molar-refractivity contribution in [1.82, 2.24) is 14.5 Å². The van der Waals surface area contributed by atoms with E-state index in [-0.39, 0.29) is 0 Å². The van der Waals surface area contributed by atoms with E-state index in [0.717, 1.165) is 34.7 Å². The third-order valence-corrected chi connectivity index (χ3v) is 3.48. The third-order valence-electron chi connectivity index (χ3n) is 3.10. The molecule has 0 N–H and O–H groups in total. The summed E-state index contributed by atoms with van der Waals surface area (Å²) in [4.78, 5) is 9.11. The van der Waals surface area contributed by atoms with Crippen LogP contribution in [-0.4, -0.2) is 14.5 Å². The first-order chi connectivity index (χ1) is 9.20. The van der Waals surface area contributed by atoms with Crippen molar-refractivity contribution < 1.29 is 0 Å². The molecule has 0 aliphatic carbocycles. The molecule has 0 aliphatic heterocycles. The van der Waals surface area contributed by atoms with Gasteiger partial charge in [-0.15, -0.1) is 0 Å². The Morgan fingerprint density at radius 3 is 2.89 bits per heavy atom. The zero-order valence-corrected chi connectivity index (χ0v) is 11.6. The number of imidazole rings is 1. The molecule has 1 aromatic carbocycles. The maximum atomic E-state index is 6.14. The number of benzene rings is 1. The Balaban J connectivity index is 2.36. The van der Waals surface area contributed by atoms with E-state index in [0.29, 0.717) is 5.15 Å². The van der Waals surface area contributed by atoms with E-state index in [2.05, 4.69) is 23.0 Å². The van der Waals surface area contributed by atoms with Crippen LogP contribution in [0, 0.1) is 13.0 Å². The molecule has 0 unspecified atom stereocenters. The molecule has 3 nitrogen and oxygen atoms in total. The summed E-state index contributed by atoms with van der Waals surface area (Å²) in [6, 6.07) is 12.8. The Labute approximate surface area is 116 Å². The molecule has 0 spiro atoms. The van der Waals surface area contributed by atoms with Crippen molar-refractivity contribution in [1.29, 1.82) is 0 Å². The number of rotatable bonds is 2. The zero-order chi connectivity index (χ0) is 13.4. The Kier molecular flexibility index (Phi) is 2.99. The summed E-state index contributed by atoms with van der Waals surface area (Å²) in [6.45, 7) is 4.02. The lowest BCUT2D eigenvalue weighted by Gasteiger charge is -2.07. The second-order valence-electron chi connectivity index (χ2n) is 4.42. The molecule has 0 bridgehead atoms. The first-order valence-corrected chi connectivity index (χ1v) is 6.59. The number of hydrogen-bond donors (Lipinski definition) is 0. The van der Waals surface area contributed by atoms with Crippen LogP contribution >= 0.6 is 11.6 Å². The summed E-state index contributed by atoms with van der Waals surface area (Å²) >= 11 is 6.14. The Hall–Kier alpha value is -1.87. The lowest BCUT2D eigenvalue weighted by atomic mass is 10.3. The van der Waals surface area contributed by atoms with Gasteiger partial charge in [0.2, 0.25) is 0 Å². The van der Waals surface area contributed by atoms with Crippen molar-refractivity contribution in [2.45, 2.75) is 20.3 Å². The van der Waals surface area contributed by atoms with E-state index in [1.807, 2.05) is 41.8 Å². The number of pyridine rings is 1. The van der Waals surface area contributed by atoms with Crippen molar-refractivity contribution in [3.8, 4) is 5.69 Å². The molecule has 0 saturated heterocycles. The number of hydrogen-bond acceptors (Lipinski definition) is 2. The molecular formula is C15H13ClN3. The van der Waals surface area contributed by atoms with Crippen LogP contribution in [0.5, 0.6) is 0 Å². The van der Waals surface area contributed by atoms with Crippen molar-refractivity contribution in [3.05, 3.63) is 52.9 Å². The molecule has 19 heavy (non-hydrogen) atoms. The molecule has 95 valence electrons. The van der Waals surface area contributed by atoms with Crippen molar-refractivity contribution in [2.75, 3.05) is 0 Å². The van der Waals surface area contributed by atoms with Gasteiger partial charge < -0.3 is 0 Å². The van der Waals surface area contributed by atoms with Gasteiger partial charge in [0.05, 0.1) is 0 Å². The third kappa shape index (κ3) is 2.00. The Bertz CT molecular complexity index is 732. The van der Waals surface area contributed by atoms with Crippen LogP contribution in [0.3, 0.4) is 0 Å². The average Bonchev–Trinajstić information content (AvgIpc) is 2.78. The Morgan fingerprint density at radius 2 is 2.21 bits per heavy atom. The highest BCUT2D eigenvalue weighted by molar-refractivity contribution is 6.30. The van der Waals surface area contributed by atoms with Gasteiger partial charge in [-0.2, -0.15) is 0 Å². The molecule has 0 aliphatic rings. The predicted molar refractivity (Wildman–Crippen MR) is 76.8 cm³/mol. The molecule has 0 saturated carbocycles. The number of fused-ring (bicyclic) bond motifs is 1. The average molecular weight is 271 g/mol. The van der Waals surface area contributed by atoms with Crippen LogP contribution in [0.1, 0.15) is 18.3 Å². The largest absolute Gasteiger partial charge is 0.281 e. The van der Waals surface area contributed by atoms with E-state index >= 15 is 0 Å². The van der Waals surface area contributed by atoms with Gasteiger partial charge in [0.15, 0.2) is 5.65 Å². The first-order valence-electron chi connectivity index (χ1n) is 6.21. The van der Waals surface area contributed by atoms with Crippen LogP contribution in [0.2, 0.25) is 5.15 Å². The van der Waals surface area contributed by atoms with Gasteiger partial charge in [0.1, 0.15) is 16.5 Å². The minimum absolute atomic E-state index is 0.524. The lowest BCUT2D eigenvalue weighted by molar-refractivity contribution is 0.901. The molecular weight excluding hydrogens is 258 g/mol. The van der Waals surface area contributed by atoms with Crippen molar-refractivity contribution in [2.24, 2.45) is 0 Å². The van der Waals surface area contributed by atoms with Gasteiger partial charge in [-0.3, -0.25) is 4.57 Å². The summed E-state index contributed by atoms with van der Waals surface area (Å²) in [7, 11) is 0. The van der Waals surface area contributed by atoms with Gasteiger partial charge in [-0.05, 0) is 36.8 Å². The predicted octanol–water partition coefficient (Wildman–Crippen LogP) is 3.74. The van der Waals surface area contributed by atoms with Crippen molar-refractivity contribution in [3.63, 3.8) is 0 Å². The lowest BCUT2D eigenvalue weighted by Crippen LogP contribution is -2.00. The molecule has 0 atom stereocenters. The second kappa shape index (κ2) is 4.67. The molecule has 2 aromatic heterocycles. The molecule has 3 aromatic rings. The molecule has 3 rings (SSSR count). The summed E-state index contributed by atoms with van der Waals surface area (Å²) in [5.41, 5.74) is 3.63. The molecule has 4 heteroatoms. The van der Waals surface area contributed by atoms with E-state index in [1.54, 1.807) is 0 Å². The molecule has 1 radical (unpaired) electrons. The minimum Gasteiger partial charge on any atom is -0.281 e. The summed E-state index contributed by atoms with van der Waals surface area (Å²) in [5, 5.41) is 0.524. The van der Waals surface area contributed by atoms with Gasteiger partial charge >= 0.3 is 0 Å². The first kappa shape index (κ1) is 12.2. The van der Waals surface area contributed by atoms with E-state index in [4.69, 9.17) is 11.6 Å². The highest BCUT2D eigenvalue weighted by Crippen LogP contribution is 2.24. The maximum absolute atomic E-state index is 6.14. The zero-order valence-electron chi connectivity index (χ0n) is 10.8. The molecule has 0 amide bonds. The fourth-order valence-corrected chi connectivity index (χ4v) is 2.29. The summed E-state index contributed by atoms with van der Waals surface area (Å²) < 4.78 is 2.04. The summed E-state index contributed by atoms with van der Waals surface area (Å²) in [6.07, 6.45) is 0.835. The van der Waals surface area contributed by atoms with Gasteiger partial charge in [-0.25, -0.2) is 9.97 Å². The number of halogens is 1. The second-order valence-corrected chi connectivity index (χ2v) is 4.78. The van der Waals surface area contributed by atoms with Gasteiger partial charge in [0, 0.05) is 12.1 Å². The van der Waals surface area contributed by atoms with Gasteiger partial charge in [0.25, 0.3) is 0 Å². The van der Waals surface area contributed by atoms with Crippen LogP contribution in [0.4, 0.5) is 0 Å². The highest BCUT2D eigenvalue weighted by Gasteiger charge is 2.13. The minimum atomic E-state index is 0.524. The molecule has 0 fully saturated rings. The maximum Gasteiger partial charge on any atom is 0.166 e. The highest BCUT2D eigenvalue weighted by atomic mass is 35.5. The fraction of sp³-hybridized carbons (Fsp3) is 0.200. The van der Waals surface area contributed by atoms with Gasteiger partial charge in [-0.1, -0.05) is 30.7 Å². The monoisotopic (exact) mass is 270 g/mol. The topological polar surface area (TPSA) is 30.7 Å². The summed E-state index contributed by atoms with van der Waals surface area (Å²) in [5.74, 6) is 0.976. The van der Waals surface area contributed by atoms with E-state index in [9.17, 15) is 0 Å². The van der Waals surface area contributed by atoms with E-state index in [1.165, 1.54) is 0 Å². The van der Waals surface area contributed by atoms with Crippen LogP contribution in [-0.2, 0) is 6.42 Å². The molecule has 2 heterocycles. The van der Waals surface area contributed by atoms with Crippen LogP contribution < -0.4 is 0 Å². The SMILES string of the molecule is CCc1nc2cc(C)c(Cl)nc2n1-c1c[c]ccc1. The standard InChI is InChI=1S/C15H13ClN3/c1-3-13-17-12-9-10(2)14(16)18-15(12)19(13)11-7-5-4-6-8-11/h4-5,7-9H,3H2,1-2H3. The van der Waals surface area contributed by atoms with E-state index < -0.39 is 0 Å². The normalized spacial score (nSPS) is 11.1. The Morgan fingerprint density at radius 1 is 1.37 bits per heavy atom.